The molecule has 14 heavy (non-hydrogen) atoms. The molecule has 0 bridgehead atoms. The summed E-state index contributed by atoms with van der Waals surface area (Å²) in [4.78, 5) is 11.0. The van der Waals surface area contributed by atoms with Crippen molar-refractivity contribution < 1.29 is 13.2 Å². The van der Waals surface area contributed by atoms with Crippen molar-refractivity contribution in [2.75, 3.05) is 23.0 Å². The second-order valence-corrected chi connectivity index (χ2v) is 6.39. The summed E-state index contributed by atoms with van der Waals surface area (Å²) in [6.45, 7) is 0.574. The highest BCUT2D eigenvalue weighted by Crippen LogP contribution is 1.97. The van der Waals surface area contributed by atoms with Gasteiger partial charge in [-0.25, -0.2) is 8.42 Å². The summed E-state index contributed by atoms with van der Waals surface area (Å²) in [5.74, 6) is -0.804. The number of unbranched alkanes of at least 4 members (excludes halogenated alkanes) is 2. The topological polar surface area (TPSA) is 63.2 Å². The smallest absolute Gasteiger partial charge is 0.235 e. The Labute approximate surface area is 98.9 Å². The number of hydrogen-bond donors (Lipinski definition) is 1. The first-order valence-corrected chi connectivity index (χ1v) is 8.04. The van der Waals surface area contributed by atoms with Crippen LogP contribution in [0.15, 0.2) is 0 Å². The van der Waals surface area contributed by atoms with Gasteiger partial charge in [-0.3, -0.25) is 4.79 Å². The first-order chi connectivity index (χ1) is 6.45. The molecule has 0 rings (SSSR count). The Morgan fingerprint density at radius 1 is 1.29 bits per heavy atom. The molecule has 0 aliphatic rings. The molecular weight excluding hydrogens is 317 g/mol. The van der Waals surface area contributed by atoms with E-state index < -0.39 is 21.5 Å². The van der Waals surface area contributed by atoms with Crippen LogP contribution in [-0.2, 0) is 14.6 Å². The molecule has 0 unspecified atom stereocenters. The second kappa shape index (κ2) is 7.44. The minimum absolute atomic E-state index is 0.401. The summed E-state index contributed by atoms with van der Waals surface area (Å²) in [7, 11) is -3.18. The van der Waals surface area contributed by atoms with Gasteiger partial charge in [0.1, 0.15) is 5.75 Å². The van der Waals surface area contributed by atoms with E-state index in [9.17, 15) is 13.2 Å². The molecule has 0 fully saturated rings. The van der Waals surface area contributed by atoms with Crippen LogP contribution in [0.2, 0.25) is 0 Å². The van der Waals surface area contributed by atoms with Crippen LogP contribution in [-0.4, -0.2) is 37.3 Å². The fraction of sp³-hybridized carbons (Fsp3) is 0.875. The monoisotopic (exact) mass is 333 g/mol. The molecule has 0 aliphatic carbocycles. The van der Waals surface area contributed by atoms with Crippen LogP contribution in [0.4, 0.5) is 0 Å². The number of sulfone groups is 1. The van der Waals surface area contributed by atoms with Crippen molar-refractivity contribution >= 4 is 38.3 Å². The molecule has 1 amide bonds. The fourth-order valence-corrected chi connectivity index (χ4v) is 2.03. The van der Waals surface area contributed by atoms with E-state index in [0.717, 1.165) is 29.9 Å². The molecule has 0 radical (unpaired) electrons. The van der Waals surface area contributed by atoms with Gasteiger partial charge < -0.3 is 5.32 Å². The molecule has 0 aromatic carbocycles. The van der Waals surface area contributed by atoms with Gasteiger partial charge in [-0.1, -0.05) is 29.0 Å². The van der Waals surface area contributed by atoms with Crippen LogP contribution < -0.4 is 5.32 Å². The zero-order valence-corrected chi connectivity index (χ0v) is 11.2. The molecule has 0 saturated heterocycles. The molecule has 0 aliphatic heterocycles. The Morgan fingerprint density at radius 2 is 1.93 bits per heavy atom. The van der Waals surface area contributed by atoms with Crippen molar-refractivity contribution in [3.63, 3.8) is 0 Å². The molecule has 6 heteroatoms. The summed E-state index contributed by atoms with van der Waals surface area (Å²) in [5, 5.41) is 2.58. The average molecular weight is 333 g/mol. The maximum atomic E-state index is 11.0. The molecule has 0 spiro atoms. The van der Waals surface area contributed by atoms with Crippen molar-refractivity contribution in [1.82, 2.24) is 5.32 Å². The third kappa shape index (κ3) is 10.2. The van der Waals surface area contributed by atoms with Gasteiger partial charge in [-0.15, -0.1) is 0 Å². The van der Waals surface area contributed by atoms with Crippen LogP contribution in [0.5, 0.6) is 0 Å². The van der Waals surface area contributed by atoms with Gasteiger partial charge in [0.25, 0.3) is 0 Å². The van der Waals surface area contributed by atoms with Crippen molar-refractivity contribution in [3.05, 3.63) is 0 Å². The highest BCUT2D eigenvalue weighted by atomic mass is 127. The van der Waals surface area contributed by atoms with Gasteiger partial charge in [0, 0.05) is 12.8 Å². The zero-order chi connectivity index (χ0) is 11.0. The number of rotatable bonds is 7. The minimum Gasteiger partial charge on any atom is -0.355 e. The van der Waals surface area contributed by atoms with Gasteiger partial charge in [0.15, 0.2) is 9.84 Å². The zero-order valence-electron chi connectivity index (χ0n) is 8.25. The highest BCUT2D eigenvalue weighted by Gasteiger charge is 2.09. The van der Waals surface area contributed by atoms with Gasteiger partial charge in [0.2, 0.25) is 5.91 Å². The van der Waals surface area contributed by atoms with E-state index in [0.29, 0.717) is 6.54 Å². The van der Waals surface area contributed by atoms with E-state index in [1.165, 1.54) is 0 Å². The molecule has 1 N–H and O–H groups in total. The van der Waals surface area contributed by atoms with Crippen LogP contribution >= 0.6 is 22.6 Å². The molecule has 0 heterocycles. The Kier molecular flexibility index (Phi) is 7.52. The third-order valence-electron chi connectivity index (χ3n) is 1.53. The number of nitrogens with one attached hydrogen (secondary N) is 1. The maximum absolute atomic E-state index is 11.0. The Balaban J connectivity index is 3.46. The third-order valence-corrected chi connectivity index (χ3v) is 3.08. The molecule has 0 atom stereocenters. The Morgan fingerprint density at radius 3 is 2.43 bits per heavy atom. The number of amides is 1. The van der Waals surface area contributed by atoms with E-state index in [-0.39, 0.29) is 0 Å². The van der Waals surface area contributed by atoms with Crippen LogP contribution in [0.1, 0.15) is 19.3 Å². The molecule has 84 valence electrons. The number of carbonyl (C=O) groups excluding carboxylic acids is 1. The van der Waals surface area contributed by atoms with E-state index in [4.69, 9.17) is 0 Å². The molecule has 0 aromatic rings. The van der Waals surface area contributed by atoms with Crippen molar-refractivity contribution in [1.29, 1.82) is 0 Å². The Bertz CT molecular complexity index is 264. The number of alkyl halides is 1. The van der Waals surface area contributed by atoms with E-state index in [1.807, 2.05) is 0 Å². The Hall–Kier alpha value is 0.150. The minimum atomic E-state index is -3.18. The summed E-state index contributed by atoms with van der Waals surface area (Å²) in [6, 6.07) is 0. The van der Waals surface area contributed by atoms with E-state index in [1.54, 1.807) is 0 Å². The molecule has 4 nitrogen and oxygen atoms in total. The SMILES string of the molecule is CS(=O)(=O)CC(=O)NCCCCCI. The van der Waals surface area contributed by atoms with Crippen molar-refractivity contribution in [2.45, 2.75) is 19.3 Å². The normalized spacial score (nSPS) is 11.3. The van der Waals surface area contributed by atoms with Gasteiger partial charge in [0.05, 0.1) is 0 Å². The lowest BCUT2D eigenvalue weighted by Gasteiger charge is -2.03. The number of halogens is 1. The lowest BCUT2D eigenvalue weighted by Crippen LogP contribution is -2.30. The molecule has 0 saturated carbocycles. The first kappa shape index (κ1) is 14.2. The predicted octanol–water partition coefficient (Wildman–Crippen LogP) is 0.752. The predicted molar refractivity (Wildman–Crippen MR) is 65.5 cm³/mol. The molecular formula is C8H16INO3S. The second-order valence-electron chi connectivity index (χ2n) is 3.17. The van der Waals surface area contributed by atoms with Crippen LogP contribution in [0, 0.1) is 0 Å². The van der Waals surface area contributed by atoms with E-state index in [2.05, 4.69) is 27.9 Å². The largest absolute Gasteiger partial charge is 0.355 e. The van der Waals surface area contributed by atoms with Gasteiger partial charge >= 0.3 is 0 Å². The highest BCUT2D eigenvalue weighted by molar-refractivity contribution is 14.1. The van der Waals surface area contributed by atoms with Crippen LogP contribution in [0.3, 0.4) is 0 Å². The quantitative estimate of drug-likeness (QED) is 0.425. The first-order valence-electron chi connectivity index (χ1n) is 4.46. The number of carbonyl (C=O) groups is 1. The summed E-state index contributed by atoms with van der Waals surface area (Å²) in [6.07, 6.45) is 4.19. The lowest BCUT2D eigenvalue weighted by molar-refractivity contribution is -0.118. The van der Waals surface area contributed by atoms with Crippen LogP contribution in [0.25, 0.3) is 0 Å². The molecule has 0 aromatic heterocycles. The number of hydrogen-bond acceptors (Lipinski definition) is 3. The van der Waals surface area contributed by atoms with Crippen molar-refractivity contribution in [3.8, 4) is 0 Å². The van der Waals surface area contributed by atoms with Gasteiger partial charge in [-0.05, 0) is 17.3 Å². The average Bonchev–Trinajstić information content (AvgIpc) is 2.00. The summed E-state index contributed by atoms with van der Waals surface area (Å²) >= 11 is 2.30. The van der Waals surface area contributed by atoms with E-state index >= 15 is 0 Å². The summed E-state index contributed by atoms with van der Waals surface area (Å²) in [5.41, 5.74) is 0. The lowest BCUT2D eigenvalue weighted by atomic mass is 10.2. The summed E-state index contributed by atoms with van der Waals surface area (Å²) < 4.78 is 22.6. The van der Waals surface area contributed by atoms with Gasteiger partial charge in [-0.2, -0.15) is 0 Å². The maximum Gasteiger partial charge on any atom is 0.235 e. The van der Waals surface area contributed by atoms with Crippen molar-refractivity contribution in [2.24, 2.45) is 0 Å². The standard InChI is InChI=1S/C8H16INO3S/c1-14(12,13)7-8(11)10-6-4-2-3-5-9/h2-7H2,1H3,(H,10,11). The fourth-order valence-electron chi connectivity index (χ4n) is 0.913.